The standard InChI is InChI=1S/C15H20O5/c1-18-12-7-9(8-13(19-2)15(12)20-3)14(17)10-5-4-6-11(10)16/h7-8,10,14,17H,4-6H2,1-3H3/t10-,14+/m1/s1. The summed E-state index contributed by atoms with van der Waals surface area (Å²) < 4.78 is 15.8. The second-order valence-electron chi connectivity index (χ2n) is 4.87. The molecule has 1 aliphatic rings. The molecule has 1 aromatic rings. The maximum atomic E-state index is 11.8. The van der Waals surface area contributed by atoms with Gasteiger partial charge in [-0.3, -0.25) is 4.79 Å². The molecule has 0 unspecified atom stereocenters. The van der Waals surface area contributed by atoms with Gasteiger partial charge in [0, 0.05) is 12.3 Å². The number of ketones is 1. The fourth-order valence-electron chi connectivity index (χ4n) is 2.68. The molecule has 0 heterocycles. The summed E-state index contributed by atoms with van der Waals surface area (Å²) in [5.74, 6) is 1.21. The number of carbonyl (C=O) groups excluding carboxylic acids is 1. The minimum absolute atomic E-state index is 0.117. The molecule has 0 aromatic heterocycles. The molecule has 0 aliphatic heterocycles. The second-order valence-corrected chi connectivity index (χ2v) is 4.87. The number of aliphatic hydroxyl groups excluding tert-OH is 1. The number of hydrogen-bond donors (Lipinski definition) is 1. The minimum atomic E-state index is -0.835. The molecule has 1 N–H and O–H groups in total. The van der Waals surface area contributed by atoms with E-state index in [4.69, 9.17) is 14.2 Å². The average Bonchev–Trinajstić information content (AvgIpc) is 2.90. The Hall–Kier alpha value is -1.75. The smallest absolute Gasteiger partial charge is 0.203 e. The predicted molar refractivity (Wildman–Crippen MR) is 73.4 cm³/mol. The third kappa shape index (κ3) is 2.58. The summed E-state index contributed by atoms with van der Waals surface area (Å²) in [6.45, 7) is 0. The van der Waals surface area contributed by atoms with Gasteiger partial charge in [0.05, 0.1) is 27.4 Å². The van der Waals surface area contributed by atoms with Crippen LogP contribution >= 0.6 is 0 Å². The van der Waals surface area contributed by atoms with Crippen LogP contribution in [0.15, 0.2) is 12.1 Å². The Balaban J connectivity index is 2.38. The predicted octanol–water partition coefficient (Wildman–Crippen LogP) is 2.11. The number of aliphatic hydroxyl groups is 1. The van der Waals surface area contributed by atoms with Crippen molar-refractivity contribution in [3.8, 4) is 17.2 Å². The SMILES string of the molecule is COc1cc([C@H](O)[C@@H]2CCCC2=O)cc(OC)c1OC. The van der Waals surface area contributed by atoms with Crippen molar-refractivity contribution in [3.63, 3.8) is 0 Å². The third-order valence-electron chi connectivity index (χ3n) is 3.76. The van der Waals surface area contributed by atoms with Crippen LogP contribution in [0.1, 0.15) is 30.9 Å². The lowest BCUT2D eigenvalue weighted by Gasteiger charge is -2.20. The molecule has 1 aromatic carbocycles. The fraction of sp³-hybridized carbons (Fsp3) is 0.533. The van der Waals surface area contributed by atoms with E-state index in [0.29, 0.717) is 29.2 Å². The average molecular weight is 280 g/mol. The van der Waals surface area contributed by atoms with E-state index in [9.17, 15) is 9.90 Å². The van der Waals surface area contributed by atoms with Crippen LogP contribution in [-0.2, 0) is 4.79 Å². The molecule has 2 rings (SSSR count). The van der Waals surface area contributed by atoms with Crippen molar-refractivity contribution in [1.29, 1.82) is 0 Å². The Morgan fingerprint density at radius 1 is 1.15 bits per heavy atom. The van der Waals surface area contributed by atoms with Crippen LogP contribution < -0.4 is 14.2 Å². The van der Waals surface area contributed by atoms with Crippen LogP contribution in [0.3, 0.4) is 0 Å². The Kier molecular flexibility index (Phi) is 4.49. The fourth-order valence-corrected chi connectivity index (χ4v) is 2.68. The largest absolute Gasteiger partial charge is 0.493 e. The zero-order valence-corrected chi connectivity index (χ0v) is 12.0. The highest BCUT2D eigenvalue weighted by Gasteiger charge is 2.32. The van der Waals surface area contributed by atoms with Gasteiger partial charge in [0.1, 0.15) is 5.78 Å². The van der Waals surface area contributed by atoms with Crippen molar-refractivity contribution < 1.29 is 24.1 Å². The number of methoxy groups -OCH3 is 3. The quantitative estimate of drug-likeness (QED) is 0.895. The molecule has 2 atom stereocenters. The summed E-state index contributed by atoms with van der Waals surface area (Å²) in [6.07, 6.45) is 1.27. The lowest BCUT2D eigenvalue weighted by Crippen LogP contribution is -2.17. The number of Topliss-reactive ketones (excluding diaryl/α,β-unsaturated/α-hetero) is 1. The first kappa shape index (κ1) is 14.7. The van der Waals surface area contributed by atoms with Gasteiger partial charge in [-0.1, -0.05) is 0 Å². The third-order valence-corrected chi connectivity index (χ3v) is 3.76. The normalized spacial score (nSPS) is 19.8. The molecule has 0 amide bonds. The lowest BCUT2D eigenvalue weighted by atomic mass is 9.93. The monoisotopic (exact) mass is 280 g/mol. The summed E-state index contributed by atoms with van der Waals surface area (Å²) in [5, 5.41) is 10.4. The lowest BCUT2D eigenvalue weighted by molar-refractivity contribution is -0.123. The van der Waals surface area contributed by atoms with Gasteiger partial charge < -0.3 is 19.3 Å². The molecular weight excluding hydrogens is 260 g/mol. The molecule has 1 aliphatic carbocycles. The molecule has 0 bridgehead atoms. The van der Waals surface area contributed by atoms with E-state index >= 15 is 0 Å². The topological polar surface area (TPSA) is 65.0 Å². The number of rotatable bonds is 5. The van der Waals surface area contributed by atoms with E-state index in [1.807, 2.05) is 0 Å². The molecule has 0 saturated heterocycles. The van der Waals surface area contributed by atoms with E-state index < -0.39 is 6.10 Å². The van der Waals surface area contributed by atoms with Crippen molar-refractivity contribution in [1.82, 2.24) is 0 Å². The van der Waals surface area contributed by atoms with Gasteiger partial charge in [-0.2, -0.15) is 0 Å². The summed E-state index contributed by atoms with van der Waals surface area (Å²) in [5.41, 5.74) is 0.611. The van der Waals surface area contributed by atoms with Gasteiger partial charge in [-0.15, -0.1) is 0 Å². The highest BCUT2D eigenvalue weighted by atomic mass is 16.5. The van der Waals surface area contributed by atoms with Crippen LogP contribution in [-0.4, -0.2) is 32.2 Å². The maximum Gasteiger partial charge on any atom is 0.203 e. The molecular formula is C15H20O5. The first-order valence-electron chi connectivity index (χ1n) is 6.63. The second kappa shape index (κ2) is 6.13. The van der Waals surface area contributed by atoms with Crippen molar-refractivity contribution in [2.45, 2.75) is 25.4 Å². The molecule has 110 valence electrons. The Morgan fingerprint density at radius 3 is 2.15 bits per heavy atom. The van der Waals surface area contributed by atoms with Crippen LogP contribution in [0.25, 0.3) is 0 Å². The number of benzene rings is 1. The first-order valence-corrected chi connectivity index (χ1v) is 6.63. The zero-order chi connectivity index (χ0) is 14.7. The maximum absolute atomic E-state index is 11.8. The highest BCUT2D eigenvalue weighted by molar-refractivity contribution is 5.83. The van der Waals surface area contributed by atoms with Crippen LogP contribution in [0.2, 0.25) is 0 Å². The number of hydrogen-bond acceptors (Lipinski definition) is 5. The zero-order valence-electron chi connectivity index (χ0n) is 12.0. The van der Waals surface area contributed by atoms with Gasteiger partial charge in [0.15, 0.2) is 11.5 Å². The first-order chi connectivity index (χ1) is 9.62. The number of ether oxygens (including phenoxy) is 3. The van der Waals surface area contributed by atoms with Crippen molar-refractivity contribution in [2.24, 2.45) is 5.92 Å². The summed E-state index contributed by atoms with van der Waals surface area (Å²) in [6, 6.07) is 3.38. The van der Waals surface area contributed by atoms with Gasteiger partial charge in [-0.05, 0) is 30.5 Å². The summed E-state index contributed by atoms with van der Waals surface area (Å²) in [7, 11) is 4.57. The Bertz CT molecular complexity index is 472. The minimum Gasteiger partial charge on any atom is -0.493 e. The van der Waals surface area contributed by atoms with Gasteiger partial charge in [-0.25, -0.2) is 0 Å². The molecule has 1 saturated carbocycles. The van der Waals surface area contributed by atoms with Gasteiger partial charge >= 0.3 is 0 Å². The summed E-state index contributed by atoms with van der Waals surface area (Å²) in [4.78, 5) is 11.8. The molecule has 5 heteroatoms. The van der Waals surface area contributed by atoms with Crippen molar-refractivity contribution >= 4 is 5.78 Å². The van der Waals surface area contributed by atoms with E-state index in [0.717, 1.165) is 12.8 Å². The van der Waals surface area contributed by atoms with Crippen molar-refractivity contribution in [2.75, 3.05) is 21.3 Å². The van der Waals surface area contributed by atoms with Crippen LogP contribution in [0, 0.1) is 5.92 Å². The van der Waals surface area contributed by atoms with Crippen LogP contribution in [0.5, 0.6) is 17.2 Å². The molecule has 0 spiro atoms. The van der Waals surface area contributed by atoms with Crippen molar-refractivity contribution in [3.05, 3.63) is 17.7 Å². The Morgan fingerprint density at radius 2 is 1.75 bits per heavy atom. The van der Waals surface area contributed by atoms with Gasteiger partial charge in [0.25, 0.3) is 0 Å². The van der Waals surface area contributed by atoms with E-state index in [2.05, 4.69) is 0 Å². The number of carbonyl (C=O) groups is 1. The molecule has 20 heavy (non-hydrogen) atoms. The Labute approximate surface area is 118 Å². The molecule has 1 fully saturated rings. The van der Waals surface area contributed by atoms with E-state index in [-0.39, 0.29) is 11.7 Å². The summed E-state index contributed by atoms with van der Waals surface area (Å²) >= 11 is 0. The van der Waals surface area contributed by atoms with E-state index in [1.54, 1.807) is 12.1 Å². The van der Waals surface area contributed by atoms with Gasteiger partial charge in [0.2, 0.25) is 5.75 Å². The van der Waals surface area contributed by atoms with Crippen LogP contribution in [0.4, 0.5) is 0 Å². The molecule has 0 radical (unpaired) electrons. The molecule has 5 nitrogen and oxygen atoms in total. The highest BCUT2D eigenvalue weighted by Crippen LogP contribution is 2.42. The van der Waals surface area contributed by atoms with E-state index in [1.165, 1.54) is 21.3 Å².